The largest absolute Gasteiger partial charge is 0.496 e. The van der Waals surface area contributed by atoms with Gasteiger partial charge in [-0.25, -0.2) is 0 Å². The summed E-state index contributed by atoms with van der Waals surface area (Å²) in [5.74, 6) is 1.10. The van der Waals surface area contributed by atoms with Gasteiger partial charge >= 0.3 is 0 Å². The molecule has 1 aliphatic carbocycles. The van der Waals surface area contributed by atoms with Crippen LogP contribution in [0.3, 0.4) is 0 Å². The number of nitrogens with zero attached hydrogens (tertiary/aromatic N) is 1. The third-order valence-electron chi connectivity index (χ3n) is 6.04. The highest BCUT2D eigenvalue weighted by molar-refractivity contribution is 6.02. The van der Waals surface area contributed by atoms with Crippen LogP contribution in [0.1, 0.15) is 56.8 Å². The Kier molecular flexibility index (Phi) is 6.91. The summed E-state index contributed by atoms with van der Waals surface area (Å²) in [6.45, 7) is 7.00. The van der Waals surface area contributed by atoms with Gasteiger partial charge in [-0.1, -0.05) is 33.3 Å². The van der Waals surface area contributed by atoms with E-state index in [-0.39, 0.29) is 18.4 Å². The predicted octanol–water partition coefficient (Wildman–Crippen LogP) is 3.22. The Morgan fingerprint density at radius 2 is 1.93 bits per heavy atom. The molecule has 1 saturated carbocycles. The molecule has 3 atom stereocenters. The van der Waals surface area contributed by atoms with Crippen LogP contribution in [0.5, 0.6) is 11.5 Å². The number of ether oxygens (including phenoxy) is 3. The normalized spacial score (nSPS) is 26.1. The molecule has 0 aromatic heterocycles. The van der Waals surface area contributed by atoms with E-state index in [4.69, 9.17) is 14.2 Å². The highest BCUT2D eigenvalue weighted by Gasteiger charge is 2.54. The van der Waals surface area contributed by atoms with Crippen molar-refractivity contribution in [2.24, 2.45) is 11.8 Å². The Hall–Kier alpha value is -2.28. The molecule has 0 radical (unpaired) electrons. The van der Waals surface area contributed by atoms with Crippen molar-refractivity contribution < 1.29 is 23.8 Å². The molecule has 1 N–H and O–H groups in total. The minimum Gasteiger partial charge on any atom is -0.496 e. The van der Waals surface area contributed by atoms with E-state index >= 15 is 0 Å². The number of benzene rings is 1. The lowest BCUT2D eigenvalue weighted by molar-refractivity contribution is -0.128. The van der Waals surface area contributed by atoms with E-state index < -0.39 is 11.8 Å². The second-order valence-corrected chi connectivity index (χ2v) is 8.83. The molecule has 3 rings (SSSR count). The maximum atomic E-state index is 13.9. The van der Waals surface area contributed by atoms with E-state index in [0.717, 1.165) is 12.8 Å². The molecule has 166 valence electrons. The number of hydrogen-bond donors (Lipinski definition) is 1. The minimum absolute atomic E-state index is 0.180. The van der Waals surface area contributed by atoms with Gasteiger partial charge in [-0.2, -0.15) is 0 Å². The lowest BCUT2D eigenvalue weighted by atomic mass is 9.82. The van der Waals surface area contributed by atoms with Gasteiger partial charge in [-0.15, -0.1) is 0 Å². The van der Waals surface area contributed by atoms with Crippen LogP contribution in [0.15, 0.2) is 18.2 Å². The average Bonchev–Trinajstić information content (AvgIpc) is 3.08. The molecule has 1 heterocycles. The molecule has 0 unspecified atom stereocenters. The number of amides is 2. The first-order valence-corrected chi connectivity index (χ1v) is 10.8. The third kappa shape index (κ3) is 4.26. The summed E-state index contributed by atoms with van der Waals surface area (Å²) in [5.41, 5.74) is -0.451. The van der Waals surface area contributed by atoms with Gasteiger partial charge in [0, 0.05) is 6.54 Å². The molecule has 7 heteroatoms. The summed E-state index contributed by atoms with van der Waals surface area (Å²) in [6, 6.07) is 4.56. The summed E-state index contributed by atoms with van der Waals surface area (Å²) in [5, 5.41) is 2.98. The van der Waals surface area contributed by atoms with Gasteiger partial charge in [0.05, 0.1) is 20.8 Å². The number of rotatable bonds is 6. The lowest BCUT2D eigenvalue weighted by Gasteiger charge is -2.43. The number of hydrogen-bond acceptors (Lipinski definition) is 5. The van der Waals surface area contributed by atoms with Crippen molar-refractivity contribution in [1.29, 1.82) is 0 Å². The molecule has 0 bridgehead atoms. The average molecular weight is 419 g/mol. The SMILES string of the molecule is COc1cccc(OC)c1C(=O)N1[C@H](C(=O)NCC(C)C)CO[C@]12CCC[C@@H](C)C2. The van der Waals surface area contributed by atoms with Crippen LogP contribution in [0.4, 0.5) is 0 Å². The van der Waals surface area contributed by atoms with Crippen LogP contribution < -0.4 is 14.8 Å². The zero-order chi connectivity index (χ0) is 21.9. The highest BCUT2D eigenvalue weighted by atomic mass is 16.5. The van der Waals surface area contributed by atoms with Crippen molar-refractivity contribution in [3.05, 3.63) is 23.8 Å². The van der Waals surface area contributed by atoms with E-state index in [2.05, 4.69) is 12.2 Å². The number of carbonyl (C=O) groups excluding carboxylic acids is 2. The third-order valence-corrected chi connectivity index (χ3v) is 6.04. The topological polar surface area (TPSA) is 77.1 Å². The van der Waals surface area contributed by atoms with Crippen LogP contribution in [-0.4, -0.2) is 55.9 Å². The molecule has 2 amide bonds. The van der Waals surface area contributed by atoms with Gasteiger partial charge in [0.15, 0.2) is 0 Å². The summed E-state index contributed by atoms with van der Waals surface area (Å²) in [4.78, 5) is 28.7. The van der Waals surface area contributed by atoms with Crippen LogP contribution in [0, 0.1) is 11.8 Å². The number of nitrogens with one attached hydrogen (secondary N) is 1. The molecule has 30 heavy (non-hydrogen) atoms. The molecule has 1 aromatic carbocycles. The van der Waals surface area contributed by atoms with E-state index in [0.29, 0.717) is 48.3 Å². The Morgan fingerprint density at radius 1 is 1.27 bits per heavy atom. The molecule has 2 aliphatic rings. The molecular formula is C23H34N2O5. The van der Waals surface area contributed by atoms with Crippen molar-refractivity contribution in [3.63, 3.8) is 0 Å². The van der Waals surface area contributed by atoms with Gasteiger partial charge in [-0.05, 0) is 43.2 Å². The minimum atomic E-state index is -0.777. The maximum absolute atomic E-state index is 13.9. The van der Waals surface area contributed by atoms with Gasteiger partial charge in [0.25, 0.3) is 5.91 Å². The van der Waals surface area contributed by atoms with E-state index in [9.17, 15) is 9.59 Å². The van der Waals surface area contributed by atoms with Crippen molar-refractivity contribution in [1.82, 2.24) is 10.2 Å². The summed E-state index contributed by atoms with van der Waals surface area (Å²) in [7, 11) is 3.05. The quantitative estimate of drug-likeness (QED) is 0.768. The van der Waals surface area contributed by atoms with Gasteiger partial charge in [0.1, 0.15) is 28.8 Å². The molecule has 1 aliphatic heterocycles. The first-order valence-electron chi connectivity index (χ1n) is 10.8. The second kappa shape index (κ2) is 9.25. The van der Waals surface area contributed by atoms with Crippen LogP contribution in [0.25, 0.3) is 0 Å². The fourth-order valence-electron chi connectivity index (χ4n) is 4.61. The van der Waals surface area contributed by atoms with Crippen molar-refractivity contribution in [3.8, 4) is 11.5 Å². The Bertz CT molecular complexity index is 759. The number of methoxy groups -OCH3 is 2. The van der Waals surface area contributed by atoms with Crippen LogP contribution >= 0.6 is 0 Å². The summed E-state index contributed by atoms with van der Waals surface area (Å²) < 4.78 is 17.2. The molecule has 1 aromatic rings. The predicted molar refractivity (Wildman–Crippen MR) is 114 cm³/mol. The van der Waals surface area contributed by atoms with Gasteiger partial charge in [-0.3, -0.25) is 14.5 Å². The zero-order valence-corrected chi connectivity index (χ0v) is 18.7. The first-order chi connectivity index (χ1) is 14.3. The molecule has 1 saturated heterocycles. The van der Waals surface area contributed by atoms with Gasteiger partial charge in [0.2, 0.25) is 5.91 Å². The lowest BCUT2D eigenvalue weighted by Crippen LogP contribution is -2.57. The molecular weight excluding hydrogens is 384 g/mol. The first kappa shape index (κ1) is 22.4. The van der Waals surface area contributed by atoms with E-state index in [1.165, 1.54) is 14.2 Å². The van der Waals surface area contributed by atoms with E-state index in [1.807, 2.05) is 13.8 Å². The summed E-state index contributed by atoms with van der Waals surface area (Å²) >= 11 is 0. The fourth-order valence-corrected chi connectivity index (χ4v) is 4.61. The maximum Gasteiger partial charge on any atom is 0.264 e. The molecule has 2 fully saturated rings. The van der Waals surface area contributed by atoms with Gasteiger partial charge < -0.3 is 19.5 Å². The number of carbonyl (C=O) groups is 2. The fraction of sp³-hybridized carbons (Fsp3) is 0.652. The summed E-state index contributed by atoms with van der Waals surface area (Å²) in [6.07, 6.45) is 3.47. The zero-order valence-electron chi connectivity index (χ0n) is 18.7. The van der Waals surface area contributed by atoms with Crippen LogP contribution in [0.2, 0.25) is 0 Å². The van der Waals surface area contributed by atoms with Crippen molar-refractivity contribution >= 4 is 11.8 Å². The Labute approximate surface area is 179 Å². The second-order valence-electron chi connectivity index (χ2n) is 8.83. The van der Waals surface area contributed by atoms with E-state index in [1.54, 1.807) is 23.1 Å². The molecule has 1 spiro atoms. The standard InChI is InChI=1S/C23H34N2O5/c1-15(2)13-24-21(26)17-14-30-23(11-7-8-16(3)12-23)25(17)22(27)20-18(28-4)9-6-10-19(20)29-5/h6,9-10,15-17H,7-8,11-14H2,1-5H3,(H,24,26)/t16-,17+,23+/m1/s1. The van der Waals surface area contributed by atoms with Crippen LogP contribution in [-0.2, 0) is 9.53 Å². The molecule has 7 nitrogen and oxygen atoms in total. The monoisotopic (exact) mass is 418 g/mol. The highest BCUT2D eigenvalue weighted by Crippen LogP contribution is 2.45. The van der Waals surface area contributed by atoms with Crippen molar-refractivity contribution in [2.75, 3.05) is 27.4 Å². The van der Waals surface area contributed by atoms with Crippen molar-refractivity contribution in [2.45, 2.75) is 58.2 Å². The Morgan fingerprint density at radius 3 is 2.50 bits per heavy atom. The smallest absolute Gasteiger partial charge is 0.264 e. The Balaban J connectivity index is 2.02.